The van der Waals surface area contributed by atoms with Crippen LogP contribution in [-0.2, 0) is 0 Å². The third-order valence-electron chi connectivity index (χ3n) is 4.96. The molecular formula is C23H21ClN4O2S. The van der Waals surface area contributed by atoms with Crippen molar-refractivity contribution in [2.45, 2.75) is 11.8 Å². The van der Waals surface area contributed by atoms with Gasteiger partial charge in [-0.2, -0.15) is 0 Å². The zero-order valence-corrected chi connectivity index (χ0v) is 18.8. The van der Waals surface area contributed by atoms with Crippen LogP contribution < -0.4 is 20.7 Å². The summed E-state index contributed by atoms with van der Waals surface area (Å²) in [6.45, 7) is 1.94. The summed E-state index contributed by atoms with van der Waals surface area (Å²) >= 11 is 7.97. The van der Waals surface area contributed by atoms with E-state index in [-0.39, 0.29) is 0 Å². The summed E-state index contributed by atoms with van der Waals surface area (Å²) in [5, 5.41) is 0.653. The number of hydrogen-bond acceptors (Lipinski definition) is 5. The van der Waals surface area contributed by atoms with Crippen LogP contribution in [0.3, 0.4) is 0 Å². The second kappa shape index (κ2) is 8.53. The number of nitrogens with zero attached hydrogens (tertiary/aromatic N) is 1. The van der Waals surface area contributed by atoms with Crippen LogP contribution in [0.1, 0.15) is 5.56 Å². The molecule has 4 rings (SSSR count). The number of aryl methyl sites for hydroxylation is 1. The van der Waals surface area contributed by atoms with Gasteiger partial charge >= 0.3 is 11.1 Å². The Balaban J connectivity index is 1.54. The molecule has 3 aromatic carbocycles. The number of rotatable bonds is 5. The maximum Gasteiger partial charge on any atom is 0.314 e. The van der Waals surface area contributed by atoms with Crippen LogP contribution in [0.4, 0.5) is 11.4 Å². The first-order valence-corrected chi connectivity index (χ1v) is 10.8. The van der Waals surface area contributed by atoms with Crippen LogP contribution >= 0.6 is 23.5 Å². The molecule has 6 nitrogen and oxygen atoms in total. The van der Waals surface area contributed by atoms with Crippen molar-refractivity contribution in [1.29, 1.82) is 0 Å². The SMILES string of the molecule is Cc1cc2[nH]c(=O)c(=O)[nH]c2cc1SNc1ccc(-c2ccc(N(C)C)cc2)c(Cl)c1. The molecule has 0 atom stereocenters. The fraction of sp³-hybridized carbons (Fsp3) is 0.130. The van der Waals surface area contributed by atoms with Crippen molar-refractivity contribution in [1.82, 2.24) is 9.97 Å². The largest absolute Gasteiger partial charge is 0.378 e. The predicted molar refractivity (Wildman–Crippen MR) is 131 cm³/mol. The summed E-state index contributed by atoms with van der Waals surface area (Å²) in [5.41, 5.74) is 4.83. The van der Waals surface area contributed by atoms with Crippen molar-refractivity contribution in [2.24, 2.45) is 0 Å². The average Bonchev–Trinajstić information content (AvgIpc) is 2.74. The van der Waals surface area contributed by atoms with E-state index in [2.05, 4.69) is 43.9 Å². The lowest BCUT2D eigenvalue weighted by Gasteiger charge is -2.14. The van der Waals surface area contributed by atoms with Gasteiger partial charge in [-0.15, -0.1) is 0 Å². The van der Waals surface area contributed by atoms with E-state index in [4.69, 9.17) is 11.6 Å². The van der Waals surface area contributed by atoms with Gasteiger partial charge in [-0.05, 0) is 66.4 Å². The maximum absolute atomic E-state index is 11.6. The quantitative estimate of drug-likeness (QED) is 0.292. The number of hydrogen-bond donors (Lipinski definition) is 3. The molecule has 0 radical (unpaired) electrons. The minimum Gasteiger partial charge on any atom is -0.378 e. The first-order chi connectivity index (χ1) is 14.8. The van der Waals surface area contributed by atoms with Crippen molar-refractivity contribution >= 4 is 46.0 Å². The molecule has 0 fully saturated rings. The van der Waals surface area contributed by atoms with Gasteiger partial charge in [0.25, 0.3) is 0 Å². The van der Waals surface area contributed by atoms with Gasteiger partial charge in [0.05, 0.1) is 16.1 Å². The van der Waals surface area contributed by atoms with Gasteiger partial charge < -0.3 is 19.6 Å². The monoisotopic (exact) mass is 452 g/mol. The first kappa shape index (κ1) is 21.1. The lowest BCUT2D eigenvalue weighted by molar-refractivity contribution is 1.13. The molecule has 4 aromatic rings. The average molecular weight is 453 g/mol. The Bertz CT molecular complexity index is 1380. The lowest BCUT2D eigenvalue weighted by atomic mass is 10.0. The van der Waals surface area contributed by atoms with E-state index in [0.29, 0.717) is 16.1 Å². The molecule has 0 saturated carbocycles. The molecular weight excluding hydrogens is 432 g/mol. The van der Waals surface area contributed by atoms with E-state index in [1.807, 2.05) is 51.4 Å². The summed E-state index contributed by atoms with van der Waals surface area (Å²) < 4.78 is 3.30. The molecule has 1 heterocycles. The Hall–Kier alpha value is -3.16. The van der Waals surface area contributed by atoms with Gasteiger partial charge in [-0.25, -0.2) is 0 Å². The van der Waals surface area contributed by atoms with Gasteiger partial charge in [0, 0.05) is 35.9 Å². The summed E-state index contributed by atoms with van der Waals surface area (Å²) in [6, 6.07) is 17.8. The summed E-state index contributed by atoms with van der Waals surface area (Å²) in [7, 11) is 4.02. The lowest BCUT2D eigenvalue weighted by Crippen LogP contribution is -2.28. The highest BCUT2D eigenvalue weighted by Gasteiger charge is 2.08. The number of nitrogens with one attached hydrogen (secondary N) is 3. The fourth-order valence-corrected chi connectivity index (χ4v) is 4.27. The van der Waals surface area contributed by atoms with Crippen LogP contribution in [0.5, 0.6) is 0 Å². The Morgan fingerprint density at radius 3 is 2.16 bits per heavy atom. The fourth-order valence-electron chi connectivity index (χ4n) is 3.23. The van der Waals surface area contributed by atoms with Crippen molar-refractivity contribution in [3.05, 3.63) is 85.9 Å². The van der Waals surface area contributed by atoms with E-state index in [1.165, 1.54) is 11.9 Å². The van der Waals surface area contributed by atoms with Crippen molar-refractivity contribution < 1.29 is 0 Å². The second-order valence-electron chi connectivity index (χ2n) is 7.41. The van der Waals surface area contributed by atoms with Gasteiger partial charge in [0.1, 0.15) is 0 Å². The van der Waals surface area contributed by atoms with Crippen molar-refractivity contribution in [2.75, 3.05) is 23.7 Å². The zero-order chi connectivity index (χ0) is 22.1. The molecule has 158 valence electrons. The van der Waals surface area contributed by atoms with E-state index < -0.39 is 11.1 Å². The normalized spacial score (nSPS) is 11.0. The predicted octanol–water partition coefficient (Wildman–Crippen LogP) is 5.03. The molecule has 0 saturated heterocycles. The molecule has 0 aliphatic heterocycles. The number of fused-ring (bicyclic) bond motifs is 1. The highest BCUT2D eigenvalue weighted by molar-refractivity contribution is 8.00. The number of halogens is 1. The molecule has 0 amide bonds. The van der Waals surface area contributed by atoms with Crippen molar-refractivity contribution in [3.8, 4) is 11.1 Å². The summed E-state index contributed by atoms with van der Waals surface area (Å²) in [4.78, 5) is 31.3. The Morgan fingerprint density at radius 1 is 0.903 bits per heavy atom. The Labute approximate surface area is 188 Å². The highest BCUT2D eigenvalue weighted by Crippen LogP contribution is 2.33. The van der Waals surface area contributed by atoms with E-state index >= 15 is 0 Å². The molecule has 0 spiro atoms. The molecule has 0 bridgehead atoms. The van der Waals surface area contributed by atoms with Crippen molar-refractivity contribution in [3.63, 3.8) is 0 Å². The van der Waals surface area contributed by atoms with Crippen LogP contribution in [0.25, 0.3) is 22.2 Å². The molecule has 0 aliphatic rings. The summed E-state index contributed by atoms with van der Waals surface area (Å²) in [6.07, 6.45) is 0. The number of H-pyrrole nitrogens is 2. The number of aromatic nitrogens is 2. The number of anilines is 2. The maximum atomic E-state index is 11.6. The van der Waals surface area contributed by atoms with E-state index in [1.54, 1.807) is 0 Å². The molecule has 31 heavy (non-hydrogen) atoms. The van der Waals surface area contributed by atoms with E-state index in [0.717, 1.165) is 33.0 Å². The highest BCUT2D eigenvalue weighted by atomic mass is 35.5. The van der Waals surface area contributed by atoms with Crippen LogP contribution in [0.15, 0.2) is 69.1 Å². The number of benzene rings is 3. The van der Waals surface area contributed by atoms with E-state index in [9.17, 15) is 9.59 Å². The molecule has 0 aliphatic carbocycles. The standard InChI is InChI=1S/C23H21ClN4O2S/c1-13-10-19-20(26-23(30)22(29)25-19)12-21(13)31-27-15-6-9-17(18(24)11-15)14-4-7-16(8-5-14)28(2)3/h4-12,27H,1-3H3,(H,25,29)(H,26,30). The Kier molecular flexibility index (Phi) is 5.80. The minimum absolute atomic E-state index is 0.578. The molecule has 0 unspecified atom stereocenters. The first-order valence-electron chi connectivity index (χ1n) is 9.59. The topological polar surface area (TPSA) is 81.0 Å². The molecule has 3 N–H and O–H groups in total. The second-order valence-corrected chi connectivity index (χ2v) is 8.67. The molecule has 8 heteroatoms. The van der Waals surface area contributed by atoms with Crippen LogP contribution in [0, 0.1) is 6.92 Å². The third-order valence-corrected chi connectivity index (χ3v) is 6.27. The third kappa shape index (κ3) is 4.47. The van der Waals surface area contributed by atoms with Crippen LogP contribution in [-0.4, -0.2) is 24.1 Å². The van der Waals surface area contributed by atoms with Crippen LogP contribution in [0.2, 0.25) is 5.02 Å². The zero-order valence-electron chi connectivity index (χ0n) is 17.2. The number of aromatic amines is 2. The Morgan fingerprint density at radius 2 is 1.55 bits per heavy atom. The van der Waals surface area contributed by atoms with Gasteiger partial charge in [-0.1, -0.05) is 29.8 Å². The summed E-state index contributed by atoms with van der Waals surface area (Å²) in [5.74, 6) is 0. The van der Waals surface area contributed by atoms with Gasteiger partial charge in [0.2, 0.25) is 0 Å². The van der Waals surface area contributed by atoms with Gasteiger partial charge in [-0.3, -0.25) is 9.59 Å². The minimum atomic E-state index is -0.666. The smallest absolute Gasteiger partial charge is 0.314 e. The molecule has 1 aromatic heterocycles. The van der Waals surface area contributed by atoms with Gasteiger partial charge in [0.15, 0.2) is 0 Å².